The van der Waals surface area contributed by atoms with E-state index in [9.17, 15) is 0 Å². The monoisotopic (exact) mass is 129 g/mol. The fraction of sp³-hybridized carbons (Fsp3) is 1.00. The first-order valence-corrected chi connectivity index (χ1v) is 3.74. The van der Waals surface area contributed by atoms with E-state index in [-0.39, 0.29) is 0 Å². The van der Waals surface area contributed by atoms with Gasteiger partial charge in [0.25, 0.3) is 0 Å². The smallest absolute Gasteiger partial charge is 0.112 e. The van der Waals surface area contributed by atoms with Crippen LogP contribution in [0.2, 0.25) is 0 Å². The van der Waals surface area contributed by atoms with Crippen LogP contribution in [0.5, 0.6) is 0 Å². The third kappa shape index (κ3) is 1.43. The van der Waals surface area contributed by atoms with E-state index in [0.29, 0.717) is 6.23 Å². The molecule has 1 heterocycles. The summed E-state index contributed by atoms with van der Waals surface area (Å²) in [7, 11) is 0. The molecule has 1 aliphatic rings. The average molecular weight is 129 g/mol. The number of nitrogens with zero attached hydrogens (tertiary/aromatic N) is 1. The zero-order valence-corrected chi connectivity index (χ0v) is 6.26. The standard InChI is InChI=1S/C7H15NO/c1-3-8(4-2)7-5-6-9-7/h7H,3-6H2,1-2H3. The Hall–Kier alpha value is -0.0800. The Bertz CT molecular complexity index is 77.0. The molecule has 1 fully saturated rings. The van der Waals surface area contributed by atoms with Crippen LogP contribution in [0.25, 0.3) is 0 Å². The lowest BCUT2D eigenvalue weighted by molar-refractivity contribution is -0.141. The van der Waals surface area contributed by atoms with Gasteiger partial charge >= 0.3 is 0 Å². The SMILES string of the molecule is CCN(CC)C1CCO1. The Balaban J connectivity index is 2.19. The summed E-state index contributed by atoms with van der Waals surface area (Å²) in [5.74, 6) is 0. The van der Waals surface area contributed by atoms with Gasteiger partial charge in [-0.15, -0.1) is 0 Å². The predicted octanol–water partition coefficient (Wildman–Crippen LogP) is 1.07. The van der Waals surface area contributed by atoms with Gasteiger partial charge in [0, 0.05) is 6.42 Å². The van der Waals surface area contributed by atoms with Crippen LogP contribution in [0, 0.1) is 0 Å². The van der Waals surface area contributed by atoms with Gasteiger partial charge in [-0.25, -0.2) is 0 Å². The highest BCUT2D eigenvalue weighted by molar-refractivity contribution is 4.66. The highest BCUT2D eigenvalue weighted by Crippen LogP contribution is 2.14. The van der Waals surface area contributed by atoms with E-state index in [2.05, 4.69) is 18.7 Å². The van der Waals surface area contributed by atoms with Gasteiger partial charge in [0.05, 0.1) is 6.61 Å². The molecule has 1 aliphatic heterocycles. The molecule has 0 amide bonds. The van der Waals surface area contributed by atoms with E-state index in [1.165, 1.54) is 6.42 Å². The zero-order chi connectivity index (χ0) is 6.69. The van der Waals surface area contributed by atoms with E-state index in [0.717, 1.165) is 19.7 Å². The van der Waals surface area contributed by atoms with Crippen molar-refractivity contribution in [2.75, 3.05) is 19.7 Å². The Labute approximate surface area is 56.8 Å². The molecule has 0 radical (unpaired) electrons. The molecule has 0 spiro atoms. The molecule has 0 saturated carbocycles. The summed E-state index contributed by atoms with van der Waals surface area (Å²) in [6.45, 7) is 7.53. The Morgan fingerprint density at radius 1 is 1.44 bits per heavy atom. The maximum absolute atomic E-state index is 5.30. The summed E-state index contributed by atoms with van der Waals surface area (Å²) >= 11 is 0. The molecule has 1 unspecified atom stereocenters. The van der Waals surface area contributed by atoms with Crippen molar-refractivity contribution < 1.29 is 4.74 Å². The maximum atomic E-state index is 5.30. The van der Waals surface area contributed by atoms with Crippen LogP contribution >= 0.6 is 0 Å². The Morgan fingerprint density at radius 2 is 2.00 bits per heavy atom. The van der Waals surface area contributed by atoms with Gasteiger partial charge in [0.2, 0.25) is 0 Å². The van der Waals surface area contributed by atoms with Gasteiger partial charge in [-0.3, -0.25) is 4.90 Å². The summed E-state index contributed by atoms with van der Waals surface area (Å²) in [5, 5.41) is 0. The van der Waals surface area contributed by atoms with Crippen molar-refractivity contribution in [2.24, 2.45) is 0 Å². The summed E-state index contributed by atoms with van der Waals surface area (Å²) in [6.07, 6.45) is 1.67. The van der Waals surface area contributed by atoms with Gasteiger partial charge in [-0.05, 0) is 13.1 Å². The van der Waals surface area contributed by atoms with Gasteiger partial charge < -0.3 is 4.74 Å². The normalized spacial score (nSPS) is 26.3. The first-order chi connectivity index (χ1) is 4.38. The quantitative estimate of drug-likeness (QED) is 0.565. The molecule has 1 rings (SSSR count). The van der Waals surface area contributed by atoms with Crippen LogP contribution in [-0.4, -0.2) is 30.8 Å². The third-order valence-corrected chi connectivity index (χ3v) is 1.89. The number of hydrogen-bond donors (Lipinski definition) is 0. The van der Waals surface area contributed by atoms with Gasteiger partial charge in [-0.2, -0.15) is 0 Å². The zero-order valence-electron chi connectivity index (χ0n) is 6.26. The van der Waals surface area contributed by atoms with E-state index < -0.39 is 0 Å². The number of rotatable bonds is 3. The first kappa shape index (κ1) is 7.03. The van der Waals surface area contributed by atoms with Crippen LogP contribution in [0.4, 0.5) is 0 Å². The van der Waals surface area contributed by atoms with Crippen molar-refractivity contribution in [3.8, 4) is 0 Å². The molecule has 9 heavy (non-hydrogen) atoms. The second-order valence-corrected chi connectivity index (χ2v) is 2.34. The van der Waals surface area contributed by atoms with Crippen molar-refractivity contribution in [1.29, 1.82) is 0 Å². The Morgan fingerprint density at radius 3 is 2.11 bits per heavy atom. The second-order valence-electron chi connectivity index (χ2n) is 2.34. The van der Waals surface area contributed by atoms with Crippen LogP contribution in [0.3, 0.4) is 0 Å². The minimum absolute atomic E-state index is 0.444. The lowest BCUT2D eigenvalue weighted by Crippen LogP contribution is -2.44. The number of hydrogen-bond acceptors (Lipinski definition) is 2. The highest BCUT2D eigenvalue weighted by Gasteiger charge is 2.22. The van der Waals surface area contributed by atoms with E-state index >= 15 is 0 Å². The molecule has 0 aromatic carbocycles. The van der Waals surface area contributed by atoms with Crippen LogP contribution in [0.15, 0.2) is 0 Å². The summed E-state index contributed by atoms with van der Waals surface area (Å²) in [5.41, 5.74) is 0. The minimum atomic E-state index is 0.444. The van der Waals surface area contributed by atoms with E-state index in [4.69, 9.17) is 4.74 Å². The van der Waals surface area contributed by atoms with Crippen molar-refractivity contribution in [2.45, 2.75) is 26.5 Å². The maximum Gasteiger partial charge on any atom is 0.112 e. The van der Waals surface area contributed by atoms with E-state index in [1.807, 2.05) is 0 Å². The second kappa shape index (κ2) is 3.18. The topological polar surface area (TPSA) is 12.5 Å². The molecular formula is C7H15NO. The highest BCUT2D eigenvalue weighted by atomic mass is 16.5. The predicted molar refractivity (Wildman–Crippen MR) is 37.3 cm³/mol. The molecule has 0 aromatic rings. The van der Waals surface area contributed by atoms with Crippen LogP contribution < -0.4 is 0 Å². The minimum Gasteiger partial charge on any atom is -0.363 e. The van der Waals surface area contributed by atoms with Gasteiger partial charge in [0.1, 0.15) is 6.23 Å². The molecule has 54 valence electrons. The summed E-state index contributed by atoms with van der Waals surface area (Å²) in [6, 6.07) is 0. The third-order valence-electron chi connectivity index (χ3n) is 1.89. The van der Waals surface area contributed by atoms with Crippen molar-refractivity contribution >= 4 is 0 Å². The van der Waals surface area contributed by atoms with E-state index in [1.54, 1.807) is 0 Å². The molecule has 1 atom stereocenters. The average Bonchev–Trinajstić information content (AvgIpc) is 1.78. The fourth-order valence-electron chi connectivity index (χ4n) is 1.14. The lowest BCUT2D eigenvalue weighted by Gasteiger charge is -2.35. The Kier molecular flexibility index (Phi) is 2.49. The largest absolute Gasteiger partial charge is 0.363 e. The van der Waals surface area contributed by atoms with Gasteiger partial charge in [0.15, 0.2) is 0 Å². The van der Waals surface area contributed by atoms with Crippen molar-refractivity contribution in [3.63, 3.8) is 0 Å². The molecular weight excluding hydrogens is 114 g/mol. The lowest BCUT2D eigenvalue weighted by atomic mass is 10.3. The van der Waals surface area contributed by atoms with Crippen LogP contribution in [0.1, 0.15) is 20.3 Å². The molecule has 0 N–H and O–H groups in total. The summed E-state index contributed by atoms with van der Waals surface area (Å²) < 4.78 is 5.30. The molecule has 0 bridgehead atoms. The fourth-order valence-corrected chi connectivity index (χ4v) is 1.14. The molecule has 1 saturated heterocycles. The summed E-state index contributed by atoms with van der Waals surface area (Å²) in [4.78, 5) is 2.34. The van der Waals surface area contributed by atoms with Crippen molar-refractivity contribution in [3.05, 3.63) is 0 Å². The molecule has 2 heteroatoms. The molecule has 0 aliphatic carbocycles. The molecule has 2 nitrogen and oxygen atoms in total. The number of ether oxygens (including phenoxy) is 1. The van der Waals surface area contributed by atoms with Crippen LogP contribution in [-0.2, 0) is 4.74 Å². The van der Waals surface area contributed by atoms with Crippen molar-refractivity contribution in [1.82, 2.24) is 4.90 Å². The van der Waals surface area contributed by atoms with Gasteiger partial charge in [-0.1, -0.05) is 13.8 Å². The molecule has 0 aromatic heterocycles. The first-order valence-electron chi connectivity index (χ1n) is 3.74.